The van der Waals surface area contributed by atoms with Crippen LogP contribution in [0, 0.1) is 0 Å². The summed E-state index contributed by atoms with van der Waals surface area (Å²) in [6.07, 6.45) is 2.56. The Bertz CT molecular complexity index is 1390. The summed E-state index contributed by atoms with van der Waals surface area (Å²) in [7, 11) is -3.75. The summed E-state index contributed by atoms with van der Waals surface area (Å²) >= 11 is 6.39. The van der Waals surface area contributed by atoms with Crippen LogP contribution in [0.5, 0.6) is 5.75 Å². The summed E-state index contributed by atoms with van der Waals surface area (Å²) in [5, 5.41) is 10.0. The molecule has 0 spiro atoms. The van der Waals surface area contributed by atoms with E-state index < -0.39 is 10.0 Å². The highest BCUT2D eigenvalue weighted by Crippen LogP contribution is 2.34. The lowest BCUT2D eigenvalue weighted by Gasteiger charge is -2.21. The molecule has 210 valence electrons. The number of rotatable bonds is 12. The van der Waals surface area contributed by atoms with Gasteiger partial charge in [-0.05, 0) is 58.0 Å². The highest BCUT2D eigenvalue weighted by atomic mass is 35.5. The van der Waals surface area contributed by atoms with Gasteiger partial charge >= 0.3 is 0 Å². The van der Waals surface area contributed by atoms with E-state index in [1.807, 2.05) is 19.1 Å². The second kappa shape index (κ2) is 12.8. The first-order valence-corrected chi connectivity index (χ1v) is 15.0. The first-order chi connectivity index (χ1) is 18.7. The molecular formula is C27H36ClN7O3S. The fourth-order valence-corrected chi connectivity index (χ4v) is 6.03. The maximum absolute atomic E-state index is 12.9. The van der Waals surface area contributed by atoms with Gasteiger partial charge in [-0.1, -0.05) is 30.7 Å². The second-order valence-electron chi connectivity index (χ2n) is 9.52. The minimum Gasteiger partial charge on any atom is -0.492 e. The molecule has 39 heavy (non-hydrogen) atoms. The minimum absolute atomic E-state index is 0.0930. The van der Waals surface area contributed by atoms with Crippen LogP contribution >= 0.6 is 11.6 Å². The lowest BCUT2D eigenvalue weighted by atomic mass is 10.2. The van der Waals surface area contributed by atoms with Gasteiger partial charge in [-0.15, -0.1) is 0 Å². The number of aromatic nitrogens is 2. The third kappa shape index (κ3) is 7.30. The van der Waals surface area contributed by atoms with Crippen LogP contribution in [0.15, 0.2) is 53.6 Å². The maximum atomic E-state index is 12.9. The molecular weight excluding hydrogens is 538 g/mol. The number of ether oxygens (including phenoxy) is 1. The fourth-order valence-electron chi connectivity index (χ4n) is 4.48. The molecule has 2 aromatic carbocycles. The van der Waals surface area contributed by atoms with E-state index in [4.69, 9.17) is 16.3 Å². The Morgan fingerprint density at radius 1 is 1.13 bits per heavy atom. The highest BCUT2D eigenvalue weighted by Gasteiger charge is 2.23. The van der Waals surface area contributed by atoms with Crippen LogP contribution in [0.25, 0.3) is 0 Å². The molecule has 1 saturated heterocycles. The molecule has 0 aliphatic carbocycles. The number of hydrogen-bond acceptors (Lipinski definition) is 9. The van der Waals surface area contributed by atoms with Gasteiger partial charge in [0.15, 0.2) is 5.82 Å². The Hall–Kier alpha value is -3.12. The van der Waals surface area contributed by atoms with Crippen LogP contribution in [-0.4, -0.2) is 56.7 Å². The molecule has 3 aromatic rings. The number of sulfonamides is 1. The first kappa shape index (κ1) is 28.9. The number of nitrogens with zero attached hydrogens (tertiary/aromatic N) is 3. The van der Waals surface area contributed by atoms with E-state index in [-0.39, 0.29) is 27.7 Å². The van der Waals surface area contributed by atoms with Crippen LogP contribution < -0.4 is 30.3 Å². The molecule has 1 atom stereocenters. The number of hydrogen-bond donors (Lipinski definition) is 4. The van der Waals surface area contributed by atoms with Crippen LogP contribution in [-0.2, 0) is 10.0 Å². The summed E-state index contributed by atoms with van der Waals surface area (Å²) in [6, 6.07) is 12.8. The molecule has 0 amide bonds. The van der Waals surface area contributed by atoms with Gasteiger partial charge in [0.1, 0.15) is 15.7 Å². The zero-order valence-electron chi connectivity index (χ0n) is 22.7. The van der Waals surface area contributed by atoms with Gasteiger partial charge < -0.3 is 25.6 Å². The molecule has 0 radical (unpaired) electrons. The summed E-state index contributed by atoms with van der Waals surface area (Å²) in [5.41, 5.74) is 2.15. The molecule has 0 saturated carbocycles. The summed E-state index contributed by atoms with van der Waals surface area (Å²) < 4.78 is 34.3. The normalized spacial score (nSPS) is 15.5. The molecule has 0 unspecified atom stereocenters. The summed E-state index contributed by atoms with van der Waals surface area (Å²) in [6.45, 7) is 11.0. The molecule has 4 N–H and O–H groups in total. The molecule has 2 heterocycles. The number of benzene rings is 2. The Morgan fingerprint density at radius 2 is 1.92 bits per heavy atom. The van der Waals surface area contributed by atoms with Crippen molar-refractivity contribution in [1.29, 1.82) is 0 Å². The van der Waals surface area contributed by atoms with Gasteiger partial charge in [-0.2, -0.15) is 4.98 Å². The molecule has 1 aromatic heterocycles. The van der Waals surface area contributed by atoms with Crippen molar-refractivity contribution >= 4 is 50.5 Å². The average molecular weight is 574 g/mol. The summed E-state index contributed by atoms with van der Waals surface area (Å²) in [4.78, 5) is 11.3. The van der Waals surface area contributed by atoms with Crippen molar-refractivity contribution in [3.8, 4) is 5.75 Å². The predicted octanol–water partition coefficient (Wildman–Crippen LogP) is 4.89. The molecule has 0 bridgehead atoms. The quantitative estimate of drug-likeness (QED) is 0.240. The van der Waals surface area contributed by atoms with E-state index in [9.17, 15) is 8.42 Å². The number of nitrogens with one attached hydrogen (secondary N) is 4. The molecule has 4 rings (SSSR count). The fraction of sp³-hybridized carbons (Fsp3) is 0.407. The van der Waals surface area contributed by atoms with Gasteiger partial charge in [0.2, 0.25) is 16.0 Å². The van der Waals surface area contributed by atoms with E-state index in [1.165, 1.54) is 12.3 Å². The van der Waals surface area contributed by atoms with E-state index in [1.54, 1.807) is 32.0 Å². The van der Waals surface area contributed by atoms with Crippen LogP contribution in [0.3, 0.4) is 0 Å². The zero-order chi connectivity index (χ0) is 28.0. The number of anilines is 5. The van der Waals surface area contributed by atoms with Crippen molar-refractivity contribution in [2.24, 2.45) is 0 Å². The predicted molar refractivity (Wildman–Crippen MR) is 157 cm³/mol. The van der Waals surface area contributed by atoms with Gasteiger partial charge in [0.25, 0.3) is 0 Å². The molecule has 1 aliphatic rings. The molecule has 12 heteroatoms. The Balaban J connectivity index is 1.57. The third-order valence-electron chi connectivity index (χ3n) is 6.12. The van der Waals surface area contributed by atoms with Crippen molar-refractivity contribution in [2.45, 2.75) is 51.1 Å². The lowest BCUT2D eigenvalue weighted by molar-refractivity contribution is 0.342. The maximum Gasteiger partial charge on any atom is 0.242 e. The summed E-state index contributed by atoms with van der Waals surface area (Å²) in [5.74, 6) is 1.23. The topological polar surface area (TPSA) is 121 Å². The van der Waals surface area contributed by atoms with Crippen molar-refractivity contribution in [3.05, 3.63) is 53.7 Å². The largest absolute Gasteiger partial charge is 0.492 e. The van der Waals surface area contributed by atoms with Crippen molar-refractivity contribution in [2.75, 3.05) is 41.8 Å². The third-order valence-corrected chi connectivity index (χ3v) is 8.12. The average Bonchev–Trinajstić information content (AvgIpc) is 3.35. The van der Waals surface area contributed by atoms with E-state index in [2.05, 4.69) is 48.5 Å². The smallest absolute Gasteiger partial charge is 0.242 e. The van der Waals surface area contributed by atoms with Crippen molar-refractivity contribution in [1.82, 2.24) is 20.0 Å². The van der Waals surface area contributed by atoms with E-state index in [0.717, 1.165) is 31.7 Å². The first-order valence-electron chi connectivity index (χ1n) is 13.1. The molecule has 1 fully saturated rings. The second-order valence-corrected chi connectivity index (χ2v) is 11.6. The number of para-hydroxylation sites is 1. The zero-order valence-corrected chi connectivity index (χ0v) is 24.2. The van der Waals surface area contributed by atoms with Crippen LogP contribution in [0.2, 0.25) is 5.02 Å². The standard InChI is InChI=1S/C27H36ClN7O3S/c1-5-29-19-13-14-35(17-19)20-11-12-22(24(15-20)38-6-2)32-27-30-16-21(28)26(33-27)31-23-9-7-8-10-25(23)39(36,37)34-18(3)4/h7-12,15-16,18-19,29,34H,5-6,13-14,17H2,1-4H3,(H2,30,31,32,33)/t19-/m1/s1. The van der Waals surface area contributed by atoms with Crippen molar-refractivity contribution < 1.29 is 13.2 Å². The molecule has 10 nitrogen and oxygen atoms in total. The van der Waals surface area contributed by atoms with Crippen LogP contribution in [0.4, 0.5) is 28.8 Å². The van der Waals surface area contributed by atoms with Gasteiger partial charge in [0, 0.05) is 36.9 Å². The van der Waals surface area contributed by atoms with E-state index >= 15 is 0 Å². The van der Waals surface area contributed by atoms with E-state index in [0.29, 0.717) is 29.8 Å². The van der Waals surface area contributed by atoms with Crippen LogP contribution in [0.1, 0.15) is 34.1 Å². The van der Waals surface area contributed by atoms with Gasteiger partial charge in [0.05, 0.1) is 24.2 Å². The number of halogens is 1. The monoisotopic (exact) mass is 573 g/mol. The Kier molecular flexibility index (Phi) is 9.49. The van der Waals surface area contributed by atoms with Gasteiger partial charge in [-0.25, -0.2) is 18.1 Å². The minimum atomic E-state index is -3.75. The number of likely N-dealkylation sites (N-methyl/N-ethyl adjacent to an activating group) is 1. The molecule has 1 aliphatic heterocycles. The Labute approximate surface area is 235 Å². The Morgan fingerprint density at radius 3 is 2.67 bits per heavy atom. The lowest BCUT2D eigenvalue weighted by Crippen LogP contribution is -2.32. The SMILES string of the molecule is CCN[C@@H]1CCN(c2ccc(Nc3ncc(Cl)c(Nc4ccccc4S(=O)(=O)NC(C)C)n3)c(OCC)c2)C1. The van der Waals surface area contributed by atoms with Crippen molar-refractivity contribution in [3.63, 3.8) is 0 Å². The highest BCUT2D eigenvalue weighted by molar-refractivity contribution is 7.89. The van der Waals surface area contributed by atoms with Gasteiger partial charge in [-0.3, -0.25) is 0 Å².